The van der Waals surface area contributed by atoms with Gasteiger partial charge in [0, 0.05) is 96.4 Å². The number of nitro groups is 4. The van der Waals surface area contributed by atoms with Crippen LogP contribution < -0.4 is 85.6 Å². The molecule has 4 N–H and O–H groups in total. The molecule has 3 aromatic rings. The first-order valence-electron chi connectivity index (χ1n) is 23.6. The second-order valence-corrected chi connectivity index (χ2v) is 19.8. The van der Waals surface area contributed by atoms with Crippen molar-refractivity contribution in [1.29, 1.82) is 0 Å². The summed E-state index contributed by atoms with van der Waals surface area (Å²) in [6, 6.07) is 11.5. The smallest absolute Gasteiger partial charge is 1.00 e. The zero-order valence-corrected chi connectivity index (χ0v) is 50.0. The van der Waals surface area contributed by atoms with Crippen molar-refractivity contribution in [1.82, 2.24) is 14.7 Å². The van der Waals surface area contributed by atoms with Gasteiger partial charge in [-0.2, -0.15) is 0 Å². The molecule has 3 amide bonds. The zero-order valence-electron chi connectivity index (χ0n) is 47.0. The molecule has 0 aliphatic carbocycles. The van der Waals surface area contributed by atoms with Crippen LogP contribution >= 0.6 is 0 Å². The van der Waals surface area contributed by atoms with Crippen LogP contribution in [0.25, 0.3) is 0 Å². The van der Waals surface area contributed by atoms with Crippen LogP contribution in [0.3, 0.4) is 0 Å². The number of hydrogen-bond donors (Lipinski definition) is 2. The van der Waals surface area contributed by atoms with Gasteiger partial charge in [0.1, 0.15) is 22.6 Å². The molecule has 3 aromatic carbocycles. The van der Waals surface area contributed by atoms with Crippen LogP contribution in [-0.2, 0) is 23.9 Å². The van der Waals surface area contributed by atoms with Crippen molar-refractivity contribution in [3.05, 3.63) is 101 Å². The number of benzene rings is 3. The van der Waals surface area contributed by atoms with Gasteiger partial charge in [0.25, 0.3) is 6.47 Å². The molecule has 3 aliphatic rings. The van der Waals surface area contributed by atoms with E-state index in [-0.39, 0.29) is 86.2 Å². The number of hydrogen-bond acceptors (Lipinski definition) is 21. The Morgan fingerprint density at radius 1 is 0.526 bits per heavy atom. The molecule has 3 heterocycles. The number of anilines is 4. The number of piperazine rings is 2. The molecule has 0 atom stereocenters. The molecular weight excluding hydrogens is 1060 g/mol. The van der Waals surface area contributed by atoms with Crippen LogP contribution in [-0.4, -0.2) is 141 Å². The fourth-order valence-electron chi connectivity index (χ4n) is 6.92. The summed E-state index contributed by atoms with van der Waals surface area (Å²) in [5.74, 6) is -0.878. The summed E-state index contributed by atoms with van der Waals surface area (Å²) in [6.45, 7) is 22.7. The van der Waals surface area contributed by atoms with Crippen LogP contribution in [0, 0.1) is 46.3 Å². The van der Waals surface area contributed by atoms with E-state index < -0.39 is 65.6 Å². The van der Waals surface area contributed by atoms with Crippen molar-refractivity contribution in [2.24, 2.45) is 0 Å². The average Bonchev–Trinajstić information content (AvgIpc) is 3.34. The van der Waals surface area contributed by atoms with Gasteiger partial charge < -0.3 is 61.7 Å². The van der Waals surface area contributed by atoms with Gasteiger partial charge in [-0.1, -0.05) is 0 Å². The molecule has 6 rings (SSSR count). The van der Waals surface area contributed by atoms with Crippen LogP contribution in [0.5, 0.6) is 0 Å². The van der Waals surface area contributed by atoms with E-state index in [2.05, 4.69) is 9.79 Å². The van der Waals surface area contributed by atoms with E-state index in [1.54, 1.807) is 35.5 Å². The van der Waals surface area contributed by atoms with E-state index >= 15 is 0 Å². The molecule has 0 unspecified atom stereocenters. The number of nitrogen functional groups attached to an aromatic ring is 2. The SMILES string of the molecule is CC(C)(C)OC(=O)N1CCCCC1.CC(C)(C)OC(=O)N1CCN(c2ccc(N)c(N)c2)CC1.CC(C)(C)OC(=O)N1CCN(c2ccc([N+](=O)[O-])c([N+](=O)[O-])c2)CC1.O=CO[O-].O=[N+]([O-])c1ccc(F)cc1[N+](=O)[O-].[H-].[HH].[Na+].[Na+]. The maximum absolute atomic E-state index is 12.4. The molecule has 3 fully saturated rings. The van der Waals surface area contributed by atoms with Gasteiger partial charge in [0.15, 0.2) is 0 Å². The third kappa shape index (κ3) is 25.9. The molecule has 31 heteroatoms. The number of nitro benzene ring substituents is 4. The van der Waals surface area contributed by atoms with Crippen molar-refractivity contribution in [2.45, 2.75) is 98.4 Å². The minimum Gasteiger partial charge on any atom is -1.00 e. The van der Waals surface area contributed by atoms with E-state index in [4.69, 9.17) is 35.7 Å². The molecule has 78 heavy (non-hydrogen) atoms. The molecule has 0 bridgehead atoms. The Kier molecular flexibility index (Phi) is 30.4. The predicted octanol–water partition coefficient (Wildman–Crippen LogP) is 1.32. The van der Waals surface area contributed by atoms with E-state index in [1.807, 2.05) is 64.6 Å². The van der Waals surface area contributed by atoms with Gasteiger partial charge in [0.2, 0.25) is 0 Å². The molecule has 0 spiro atoms. The monoisotopic (exact) mass is 1130 g/mol. The first-order valence-corrected chi connectivity index (χ1v) is 23.6. The summed E-state index contributed by atoms with van der Waals surface area (Å²) in [4.78, 5) is 94.8. The van der Waals surface area contributed by atoms with Crippen LogP contribution in [0.1, 0.15) is 84.4 Å². The number of nitrogens with zero attached hydrogens (tertiary/aromatic N) is 9. The Balaban J connectivity index is -0.000000980. The summed E-state index contributed by atoms with van der Waals surface area (Å²) in [5, 5.41) is 50.8. The first kappa shape index (κ1) is 71.6. The molecule has 28 nitrogen and oxygen atoms in total. The zero-order chi connectivity index (χ0) is 57.7. The Morgan fingerprint density at radius 3 is 1.18 bits per heavy atom. The number of nitrogens with two attached hydrogens (primary N) is 2. The van der Waals surface area contributed by atoms with Crippen molar-refractivity contribution in [3.8, 4) is 0 Å². The van der Waals surface area contributed by atoms with Crippen molar-refractivity contribution >= 4 is 70.3 Å². The number of likely N-dealkylation sites (tertiary alicyclic amines) is 1. The topological polar surface area (TPSA) is 369 Å². The van der Waals surface area contributed by atoms with Gasteiger partial charge in [-0.3, -0.25) is 45.3 Å². The maximum atomic E-state index is 12.4. The third-order valence-corrected chi connectivity index (χ3v) is 10.4. The second kappa shape index (κ2) is 33.2. The van der Waals surface area contributed by atoms with Crippen LogP contribution in [0.15, 0.2) is 54.6 Å². The Hall–Kier alpha value is -6.37. The largest absolute Gasteiger partial charge is 1.00 e. The first-order chi connectivity index (χ1) is 35.3. The normalized spacial score (nSPS) is 14.1. The van der Waals surface area contributed by atoms with Crippen molar-refractivity contribution < 1.29 is 130 Å². The van der Waals surface area contributed by atoms with Gasteiger partial charge >= 0.3 is 100 Å². The van der Waals surface area contributed by atoms with Crippen LogP contribution in [0.2, 0.25) is 0 Å². The summed E-state index contributed by atoms with van der Waals surface area (Å²) < 4.78 is 28.4. The van der Waals surface area contributed by atoms with Crippen molar-refractivity contribution in [3.63, 3.8) is 0 Å². The van der Waals surface area contributed by atoms with E-state index in [0.717, 1.165) is 62.9 Å². The maximum Gasteiger partial charge on any atom is 1.00 e. The van der Waals surface area contributed by atoms with Gasteiger partial charge in [-0.25, -0.2) is 18.8 Å². The van der Waals surface area contributed by atoms with Crippen LogP contribution in [0.4, 0.5) is 64.3 Å². The molecule has 3 aliphatic heterocycles. The summed E-state index contributed by atoms with van der Waals surface area (Å²) in [7, 11) is 0. The number of carbonyl (C=O) groups is 4. The number of carbonyl (C=O) groups excluding carboxylic acids is 4. The number of amides is 3. The Bertz CT molecular complexity index is 2500. The minimum atomic E-state index is -0.999. The molecule has 3 saturated heterocycles. The Labute approximate surface area is 497 Å². The van der Waals surface area contributed by atoms with Crippen molar-refractivity contribution in [2.75, 3.05) is 86.7 Å². The summed E-state index contributed by atoms with van der Waals surface area (Å²) in [5.41, 5.74) is 10.2. The number of ether oxygens (including phenoxy) is 3. The van der Waals surface area contributed by atoms with Gasteiger partial charge in [0.05, 0.1) is 37.1 Å². The molecule has 424 valence electrons. The molecule has 0 aromatic heterocycles. The summed E-state index contributed by atoms with van der Waals surface area (Å²) in [6.07, 6.45) is 2.64. The molecular formula is C47H70FN11Na2O17. The summed E-state index contributed by atoms with van der Waals surface area (Å²) >= 11 is 0. The molecule has 0 saturated carbocycles. The van der Waals surface area contributed by atoms with E-state index in [9.17, 15) is 59.2 Å². The quantitative estimate of drug-likeness (QED) is 0.0641. The standard InChI is InChI=1S/C15H20N4O6.C15H24N4O2.C10H19NO2.C6H3FN2O4.CH2O3.2Na.H2.H/c1-15(2,3)25-14(20)17-8-6-16(7-9-17)11-4-5-12(18(21)22)13(10-11)19(23)24;1-15(2,3)21-14(20)19-8-6-18(7-9-19)11-4-5-12(16)13(17)10-11;1-10(2,3)13-9(12)11-7-5-4-6-8-11;7-4-1-2-5(8(10)11)6(3-4)9(12)13;2-1-4-3;;;;/h4-5,10H,6-9H2,1-3H3;4-5,10H,6-9,16-17H2,1-3H3;4-8H2,1-3H3;1-3H;1,3H;;;1H;/q;;;;;2*+1;;-1/p-1. The minimum absolute atomic E-state index is 0. The van der Waals surface area contributed by atoms with Gasteiger partial charge in [-0.15, -0.1) is 0 Å². The van der Waals surface area contributed by atoms with E-state index in [0.29, 0.717) is 62.4 Å². The predicted molar refractivity (Wildman–Crippen MR) is 277 cm³/mol. The fraction of sp³-hybridized carbons (Fsp3) is 0.532. The van der Waals surface area contributed by atoms with E-state index in [1.165, 1.54) is 18.6 Å². The molecule has 0 radical (unpaired) electrons. The third-order valence-electron chi connectivity index (χ3n) is 10.4. The number of rotatable bonds is 7. The number of halogens is 1. The van der Waals surface area contributed by atoms with Gasteiger partial charge in [-0.05, 0) is 112 Å². The number of piperidine rings is 1. The second-order valence-electron chi connectivity index (χ2n) is 19.8. The average molecular weight is 1130 g/mol. The Morgan fingerprint density at radius 2 is 0.846 bits per heavy atom. The fourth-order valence-corrected chi connectivity index (χ4v) is 6.92.